The molecule has 3 rings (SSSR count). The minimum Gasteiger partial charge on any atom is -0.353 e. The lowest BCUT2D eigenvalue weighted by atomic mass is 10.1. The van der Waals surface area contributed by atoms with E-state index in [9.17, 15) is 13.2 Å². The molecule has 0 spiro atoms. The maximum absolute atomic E-state index is 13.1. The highest BCUT2D eigenvalue weighted by molar-refractivity contribution is 5.60. The minimum atomic E-state index is -4.45. The quantitative estimate of drug-likeness (QED) is 0.913. The lowest BCUT2D eigenvalue weighted by Gasteiger charge is -2.34. The maximum Gasteiger partial charge on any atom is 0.418 e. The van der Waals surface area contributed by atoms with Gasteiger partial charge in [0.1, 0.15) is 0 Å². The molecule has 0 saturated carbocycles. The van der Waals surface area contributed by atoms with E-state index in [1.165, 1.54) is 24.4 Å². The predicted molar refractivity (Wildman–Crippen MR) is 88.9 cm³/mol. The molecule has 0 amide bonds. The molecule has 2 heterocycles. The molecule has 2 aromatic rings. The van der Waals surface area contributed by atoms with Crippen LogP contribution in [0.2, 0.25) is 0 Å². The van der Waals surface area contributed by atoms with Crippen molar-refractivity contribution in [2.24, 2.45) is 0 Å². The highest BCUT2D eigenvalue weighted by atomic mass is 19.4. The van der Waals surface area contributed by atoms with Crippen molar-refractivity contribution in [2.45, 2.75) is 13.1 Å². The summed E-state index contributed by atoms with van der Waals surface area (Å²) in [7, 11) is 0. The molecule has 1 aromatic heterocycles. The van der Waals surface area contributed by atoms with E-state index >= 15 is 0 Å². The van der Waals surface area contributed by atoms with E-state index in [-0.39, 0.29) is 11.6 Å². The van der Waals surface area contributed by atoms with Gasteiger partial charge in [0, 0.05) is 26.2 Å². The monoisotopic (exact) mass is 352 g/mol. The van der Waals surface area contributed by atoms with Crippen molar-refractivity contribution in [3.63, 3.8) is 0 Å². The van der Waals surface area contributed by atoms with Crippen LogP contribution in [0.1, 0.15) is 12.5 Å². The fourth-order valence-electron chi connectivity index (χ4n) is 2.75. The Labute approximate surface area is 143 Å². The normalized spacial score (nSPS) is 16.1. The van der Waals surface area contributed by atoms with Crippen LogP contribution < -0.4 is 10.2 Å². The van der Waals surface area contributed by atoms with Crippen LogP contribution in [0, 0.1) is 0 Å². The third-order valence-corrected chi connectivity index (χ3v) is 4.17. The zero-order valence-corrected chi connectivity index (χ0v) is 13.8. The molecule has 0 bridgehead atoms. The Morgan fingerprint density at radius 1 is 1.12 bits per heavy atom. The number of likely N-dealkylation sites (N-methyl/N-ethyl adjacent to an activating group) is 1. The molecule has 0 radical (unpaired) electrons. The van der Waals surface area contributed by atoms with Crippen molar-refractivity contribution in [3.8, 4) is 0 Å². The number of aromatic nitrogens is 3. The zero-order chi connectivity index (χ0) is 17.9. The average molecular weight is 352 g/mol. The molecule has 1 aliphatic heterocycles. The van der Waals surface area contributed by atoms with Crippen LogP contribution in [-0.4, -0.2) is 52.8 Å². The molecule has 1 saturated heterocycles. The Bertz CT molecular complexity index is 713. The number of halogens is 3. The van der Waals surface area contributed by atoms with Gasteiger partial charge in [0.25, 0.3) is 0 Å². The summed E-state index contributed by atoms with van der Waals surface area (Å²) < 4.78 is 39.2. The Balaban J connectivity index is 1.77. The summed E-state index contributed by atoms with van der Waals surface area (Å²) in [5.74, 6) is 0.657. The third-order valence-electron chi connectivity index (χ3n) is 4.17. The summed E-state index contributed by atoms with van der Waals surface area (Å²) in [4.78, 5) is 8.70. The fourth-order valence-corrected chi connectivity index (χ4v) is 2.75. The van der Waals surface area contributed by atoms with E-state index in [1.54, 1.807) is 0 Å². The van der Waals surface area contributed by atoms with Crippen molar-refractivity contribution in [1.82, 2.24) is 20.1 Å². The Kier molecular flexibility index (Phi) is 5.03. The van der Waals surface area contributed by atoms with Crippen LogP contribution in [0.15, 0.2) is 30.5 Å². The van der Waals surface area contributed by atoms with Gasteiger partial charge in [0.05, 0.1) is 17.4 Å². The first-order valence-electron chi connectivity index (χ1n) is 8.07. The standard InChI is InChI=1S/C16H19F3N6/c1-2-24-7-9-25(10-8-24)14-11-20-23-15(22-14)21-13-6-4-3-5-12(13)16(17,18)19/h3-6,11H,2,7-10H2,1H3,(H,21,22,23). The SMILES string of the molecule is CCN1CCN(c2cnnc(Nc3ccccc3C(F)(F)F)n2)CC1. The van der Waals surface area contributed by atoms with Crippen LogP contribution in [-0.2, 0) is 6.18 Å². The van der Waals surface area contributed by atoms with Crippen molar-refractivity contribution >= 4 is 17.5 Å². The Hall–Kier alpha value is -2.42. The van der Waals surface area contributed by atoms with Crippen molar-refractivity contribution in [3.05, 3.63) is 36.0 Å². The highest BCUT2D eigenvalue weighted by Gasteiger charge is 2.33. The summed E-state index contributed by atoms with van der Waals surface area (Å²) in [6.07, 6.45) is -2.92. The number of benzene rings is 1. The van der Waals surface area contributed by atoms with Gasteiger partial charge >= 0.3 is 6.18 Å². The number of hydrogen-bond donors (Lipinski definition) is 1. The van der Waals surface area contributed by atoms with Gasteiger partial charge in [-0.15, -0.1) is 5.10 Å². The van der Waals surface area contributed by atoms with E-state index in [0.29, 0.717) is 5.82 Å². The van der Waals surface area contributed by atoms with E-state index < -0.39 is 11.7 Å². The molecule has 0 aliphatic carbocycles. The second-order valence-electron chi connectivity index (χ2n) is 5.73. The first kappa shape index (κ1) is 17.4. The molecule has 0 unspecified atom stereocenters. The van der Waals surface area contributed by atoms with Gasteiger partial charge < -0.3 is 15.1 Å². The number of hydrogen-bond acceptors (Lipinski definition) is 6. The summed E-state index contributed by atoms with van der Waals surface area (Å²) >= 11 is 0. The lowest BCUT2D eigenvalue weighted by molar-refractivity contribution is -0.136. The fraction of sp³-hybridized carbons (Fsp3) is 0.438. The maximum atomic E-state index is 13.1. The summed E-state index contributed by atoms with van der Waals surface area (Å²) in [6.45, 7) is 6.54. The van der Waals surface area contributed by atoms with Crippen LogP contribution in [0.5, 0.6) is 0 Å². The molecule has 134 valence electrons. The Morgan fingerprint density at radius 2 is 1.84 bits per heavy atom. The lowest BCUT2D eigenvalue weighted by Crippen LogP contribution is -2.46. The van der Waals surface area contributed by atoms with E-state index in [2.05, 4.69) is 37.2 Å². The number of anilines is 3. The molecule has 6 nitrogen and oxygen atoms in total. The molecule has 1 N–H and O–H groups in total. The largest absolute Gasteiger partial charge is 0.418 e. The second-order valence-corrected chi connectivity index (χ2v) is 5.73. The predicted octanol–water partition coefficient (Wildman–Crippen LogP) is 2.78. The Morgan fingerprint density at radius 3 is 2.52 bits per heavy atom. The third kappa shape index (κ3) is 4.16. The molecular weight excluding hydrogens is 333 g/mol. The molecule has 25 heavy (non-hydrogen) atoms. The summed E-state index contributed by atoms with van der Waals surface area (Å²) in [5.41, 5.74) is -0.856. The molecule has 9 heteroatoms. The van der Waals surface area contributed by atoms with Gasteiger partial charge in [-0.25, -0.2) is 0 Å². The average Bonchev–Trinajstić information content (AvgIpc) is 2.62. The van der Waals surface area contributed by atoms with E-state index in [4.69, 9.17) is 0 Å². The molecule has 1 aromatic carbocycles. The topological polar surface area (TPSA) is 57.2 Å². The van der Waals surface area contributed by atoms with Gasteiger partial charge in [-0.2, -0.15) is 23.3 Å². The molecular formula is C16H19F3N6. The van der Waals surface area contributed by atoms with Gasteiger partial charge in [-0.05, 0) is 18.7 Å². The number of piperazine rings is 1. The van der Waals surface area contributed by atoms with E-state index in [0.717, 1.165) is 38.8 Å². The zero-order valence-electron chi connectivity index (χ0n) is 13.8. The van der Waals surface area contributed by atoms with Gasteiger partial charge in [-0.3, -0.25) is 0 Å². The van der Waals surface area contributed by atoms with Crippen molar-refractivity contribution in [2.75, 3.05) is 42.9 Å². The number of nitrogens with zero attached hydrogens (tertiary/aromatic N) is 5. The van der Waals surface area contributed by atoms with Crippen LogP contribution in [0.25, 0.3) is 0 Å². The highest BCUT2D eigenvalue weighted by Crippen LogP contribution is 2.35. The van der Waals surface area contributed by atoms with Crippen molar-refractivity contribution in [1.29, 1.82) is 0 Å². The number of alkyl halides is 3. The first-order valence-corrected chi connectivity index (χ1v) is 8.07. The minimum absolute atomic E-state index is 0.0483. The summed E-state index contributed by atoms with van der Waals surface area (Å²) in [6, 6.07) is 5.23. The number of nitrogens with one attached hydrogen (secondary N) is 1. The van der Waals surface area contributed by atoms with Crippen LogP contribution in [0.3, 0.4) is 0 Å². The molecule has 0 atom stereocenters. The smallest absolute Gasteiger partial charge is 0.353 e. The summed E-state index contributed by atoms with van der Waals surface area (Å²) in [5, 5.41) is 10.3. The van der Waals surface area contributed by atoms with Crippen LogP contribution >= 0.6 is 0 Å². The van der Waals surface area contributed by atoms with E-state index in [1.807, 2.05) is 0 Å². The number of para-hydroxylation sites is 1. The van der Waals surface area contributed by atoms with Gasteiger partial charge in [0.2, 0.25) is 5.95 Å². The van der Waals surface area contributed by atoms with Gasteiger partial charge in [-0.1, -0.05) is 19.1 Å². The van der Waals surface area contributed by atoms with Crippen molar-refractivity contribution < 1.29 is 13.2 Å². The second kappa shape index (κ2) is 7.22. The van der Waals surface area contributed by atoms with Gasteiger partial charge in [0.15, 0.2) is 5.82 Å². The molecule has 1 aliphatic rings. The first-order chi connectivity index (χ1) is 12.0. The molecule has 1 fully saturated rings. The van der Waals surface area contributed by atoms with Crippen LogP contribution in [0.4, 0.5) is 30.6 Å². The number of rotatable bonds is 4.